The van der Waals surface area contributed by atoms with Crippen LogP contribution in [0.5, 0.6) is 5.75 Å². The van der Waals surface area contributed by atoms with Crippen LogP contribution in [-0.2, 0) is 11.2 Å². The summed E-state index contributed by atoms with van der Waals surface area (Å²) in [6, 6.07) is 15.5. The van der Waals surface area contributed by atoms with E-state index >= 15 is 0 Å². The highest BCUT2D eigenvalue weighted by atomic mass is 16.5. The largest absolute Gasteiger partial charge is 0.496 e. The SMILES string of the molecule is CCc1cc(/C=C2/N=C(c3ccccc3)NC2=O)ccc1OC. The number of benzene rings is 2. The first-order valence-corrected chi connectivity index (χ1v) is 7.55. The highest BCUT2D eigenvalue weighted by Crippen LogP contribution is 2.23. The highest BCUT2D eigenvalue weighted by Gasteiger charge is 2.20. The minimum atomic E-state index is -0.183. The lowest BCUT2D eigenvalue weighted by molar-refractivity contribution is -0.115. The Labute approximate surface area is 135 Å². The maximum atomic E-state index is 12.1. The lowest BCUT2D eigenvalue weighted by atomic mass is 10.1. The molecule has 0 fully saturated rings. The van der Waals surface area contributed by atoms with Gasteiger partial charge in [-0.15, -0.1) is 0 Å². The molecule has 0 saturated heterocycles. The molecule has 0 unspecified atom stereocenters. The second-order valence-electron chi connectivity index (χ2n) is 5.23. The number of hydrogen-bond acceptors (Lipinski definition) is 3. The summed E-state index contributed by atoms with van der Waals surface area (Å²) in [6.07, 6.45) is 2.66. The van der Waals surface area contributed by atoms with Gasteiger partial charge in [0.1, 0.15) is 17.3 Å². The van der Waals surface area contributed by atoms with Crippen molar-refractivity contribution in [2.24, 2.45) is 4.99 Å². The second-order valence-corrected chi connectivity index (χ2v) is 5.23. The van der Waals surface area contributed by atoms with Crippen LogP contribution in [0.4, 0.5) is 0 Å². The quantitative estimate of drug-likeness (QED) is 0.882. The monoisotopic (exact) mass is 306 g/mol. The molecule has 2 aromatic rings. The van der Waals surface area contributed by atoms with Crippen molar-refractivity contribution in [3.63, 3.8) is 0 Å². The third kappa shape index (κ3) is 3.16. The number of methoxy groups -OCH3 is 1. The van der Waals surface area contributed by atoms with Gasteiger partial charge in [0.25, 0.3) is 5.91 Å². The predicted octanol–water partition coefficient (Wildman–Crippen LogP) is 3.18. The summed E-state index contributed by atoms with van der Waals surface area (Å²) < 4.78 is 5.33. The molecule has 3 rings (SSSR count). The molecule has 0 aliphatic carbocycles. The van der Waals surface area contributed by atoms with E-state index < -0.39 is 0 Å². The molecule has 0 radical (unpaired) electrons. The lowest BCUT2D eigenvalue weighted by Gasteiger charge is -2.07. The number of carbonyl (C=O) groups excluding carboxylic acids is 1. The molecule has 2 aromatic carbocycles. The van der Waals surface area contributed by atoms with E-state index in [1.165, 1.54) is 0 Å². The van der Waals surface area contributed by atoms with Gasteiger partial charge in [-0.2, -0.15) is 0 Å². The molecule has 0 spiro atoms. The molecule has 0 atom stereocenters. The first kappa shape index (κ1) is 15.0. The fourth-order valence-corrected chi connectivity index (χ4v) is 2.52. The van der Waals surface area contributed by atoms with E-state index in [4.69, 9.17) is 4.74 Å². The van der Waals surface area contributed by atoms with Crippen LogP contribution in [0.2, 0.25) is 0 Å². The molecule has 4 heteroatoms. The molecule has 1 aliphatic rings. The minimum absolute atomic E-state index is 0.183. The maximum Gasteiger partial charge on any atom is 0.275 e. The molecule has 0 aromatic heterocycles. The molecule has 0 saturated carbocycles. The third-order valence-electron chi connectivity index (χ3n) is 3.73. The normalized spacial score (nSPS) is 15.5. The van der Waals surface area contributed by atoms with Gasteiger partial charge in [-0.1, -0.05) is 43.3 Å². The molecule has 116 valence electrons. The Bertz CT molecular complexity index is 792. The van der Waals surface area contributed by atoms with Crippen LogP contribution in [0, 0.1) is 0 Å². The smallest absolute Gasteiger partial charge is 0.275 e. The number of ether oxygens (including phenoxy) is 1. The summed E-state index contributed by atoms with van der Waals surface area (Å²) in [4.78, 5) is 16.5. The Hall–Kier alpha value is -2.88. The summed E-state index contributed by atoms with van der Waals surface area (Å²) in [5.74, 6) is 1.27. The summed E-state index contributed by atoms with van der Waals surface area (Å²) >= 11 is 0. The molecule has 1 heterocycles. The zero-order valence-electron chi connectivity index (χ0n) is 13.2. The predicted molar refractivity (Wildman–Crippen MR) is 91.5 cm³/mol. The van der Waals surface area contributed by atoms with E-state index in [2.05, 4.69) is 17.2 Å². The number of hydrogen-bond donors (Lipinski definition) is 1. The Morgan fingerprint density at radius 3 is 2.65 bits per heavy atom. The highest BCUT2D eigenvalue weighted by molar-refractivity contribution is 6.19. The molecular weight excluding hydrogens is 288 g/mol. The summed E-state index contributed by atoms with van der Waals surface area (Å²) in [5.41, 5.74) is 3.35. The van der Waals surface area contributed by atoms with E-state index in [0.29, 0.717) is 11.5 Å². The number of nitrogens with one attached hydrogen (secondary N) is 1. The van der Waals surface area contributed by atoms with Crippen molar-refractivity contribution in [1.82, 2.24) is 5.32 Å². The van der Waals surface area contributed by atoms with Gasteiger partial charge in [0.05, 0.1) is 7.11 Å². The third-order valence-corrected chi connectivity index (χ3v) is 3.73. The van der Waals surface area contributed by atoms with Crippen LogP contribution in [0.25, 0.3) is 6.08 Å². The van der Waals surface area contributed by atoms with Gasteiger partial charge < -0.3 is 10.1 Å². The van der Waals surface area contributed by atoms with Gasteiger partial charge >= 0.3 is 0 Å². The van der Waals surface area contributed by atoms with Gasteiger partial charge in [-0.3, -0.25) is 4.79 Å². The van der Waals surface area contributed by atoms with Crippen molar-refractivity contribution in [1.29, 1.82) is 0 Å². The van der Waals surface area contributed by atoms with Gasteiger partial charge in [0.2, 0.25) is 0 Å². The van der Waals surface area contributed by atoms with Crippen molar-refractivity contribution in [2.45, 2.75) is 13.3 Å². The zero-order valence-corrected chi connectivity index (χ0v) is 13.2. The molecule has 1 N–H and O–H groups in total. The maximum absolute atomic E-state index is 12.1. The van der Waals surface area contributed by atoms with Crippen LogP contribution in [0.1, 0.15) is 23.6 Å². The molecule has 1 aliphatic heterocycles. The van der Waals surface area contributed by atoms with Crippen molar-refractivity contribution >= 4 is 17.8 Å². The Morgan fingerprint density at radius 2 is 1.96 bits per heavy atom. The Kier molecular flexibility index (Phi) is 4.24. The second kappa shape index (κ2) is 6.48. The average Bonchev–Trinajstić information content (AvgIpc) is 2.96. The molecular formula is C19H18N2O2. The Morgan fingerprint density at radius 1 is 1.17 bits per heavy atom. The number of amides is 1. The van der Waals surface area contributed by atoms with Crippen LogP contribution >= 0.6 is 0 Å². The minimum Gasteiger partial charge on any atom is -0.496 e. The molecule has 4 nitrogen and oxygen atoms in total. The van der Waals surface area contributed by atoms with Gasteiger partial charge in [0.15, 0.2) is 0 Å². The van der Waals surface area contributed by atoms with Crippen molar-refractivity contribution < 1.29 is 9.53 Å². The standard InChI is InChI=1S/C19H18N2O2/c1-3-14-11-13(9-10-17(14)23-2)12-16-19(22)21-18(20-16)15-7-5-4-6-8-15/h4-12H,3H2,1-2H3,(H,20,21,22)/b16-12+. The van der Waals surface area contributed by atoms with Crippen LogP contribution in [0.15, 0.2) is 59.2 Å². The fourth-order valence-electron chi connectivity index (χ4n) is 2.52. The van der Waals surface area contributed by atoms with Crippen molar-refractivity contribution in [3.05, 3.63) is 70.9 Å². The summed E-state index contributed by atoms with van der Waals surface area (Å²) in [7, 11) is 1.66. The number of rotatable bonds is 4. The topological polar surface area (TPSA) is 50.7 Å². The number of nitrogens with zero attached hydrogens (tertiary/aromatic N) is 1. The zero-order chi connectivity index (χ0) is 16.2. The number of aliphatic imine (C=N–C) groups is 1. The molecule has 0 bridgehead atoms. The number of amidine groups is 1. The van der Waals surface area contributed by atoms with Crippen LogP contribution in [-0.4, -0.2) is 18.9 Å². The van der Waals surface area contributed by atoms with Crippen LogP contribution in [0.3, 0.4) is 0 Å². The van der Waals surface area contributed by atoms with Gasteiger partial charge in [-0.05, 0) is 35.8 Å². The van der Waals surface area contributed by atoms with Crippen LogP contribution < -0.4 is 10.1 Å². The lowest BCUT2D eigenvalue weighted by Crippen LogP contribution is -2.24. The van der Waals surface area contributed by atoms with E-state index in [9.17, 15) is 4.79 Å². The first-order valence-electron chi connectivity index (χ1n) is 7.55. The Balaban J connectivity index is 1.93. The van der Waals surface area contributed by atoms with E-state index in [1.54, 1.807) is 13.2 Å². The van der Waals surface area contributed by atoms with Gasteiger partial charge in [0, 0.05) is 5.56 Å². The van der Waals surface area contributed by atoms with Crippen molar-refractivity contribution in [3.8, 4) is 5.75 Å². The summed E-state index contributed by atoms with van der Waals surface area (Å²) in [6.45, 7) is 2.07. The molecule has 23 heavy (non-hydrogen) atoms. The van der Waals surface area contributed by atoms with E-state index in [1.807, 2.05) is 48.5 Å². The average molecular weight is 306 g/mol. The number of aryl methyl sites for hydroxylation is 1. The number of carbonyl (C=O) groups is 1. The first-order chi connectivity index (χ1) is 11.2. The van der Waals surface area contributed by atoms with E-state index in [-0.39, 0.29) is 5.91 Å². The molecule has 1 amide bonds. The fraction of sp³-hybridized carbons (Fsp3) is 0.158. The van der Waals surface area contributed by atoms with Gasteiger partial charge in [-0.25, -0.2) is 4.99 Å². The van der Waals surface area contributed by atoms with E-state index in [0.717, 1.165) is 28.9 Å². The van der Waals surface area contributed by atoms with Crippen molar-refractivity contribution in [2.75, 3.05) is 7.11 Å². The summed E-state index contributed by atoms with van der Waals surface area (Å²) in [5, 5.41) is 2.81.